The molecule has 154 valence electrons. The maximum atomic E-state index is 14.1. The van der Waals surface area contributed by atoms with Crippen LogP contribution >= 0.6 is 0 Å². The van der Waals surface area contributed by atoms with Gasteiger partial charge in [-0.15, -0.1) is 0 Å². The van der Waals surface area contributed by atoms with Crippen molar-refractivity contribution in [1.29, 1.82) is 0 Å². The van der Waals surface area contributed by atoms with Crippen LogP contribution in [0.2, 0.25) is 0 Å². The van der Waals surface area contributed by atoms with E-state index in [9.17, 15) is 4.39 Å². The van der Waals surface area contributed by atoms with Crippen molar-refractivity contribution >= 4 is 21.8 Å². The van der Waals surface area contributed by atoms with E-state index in [1.54, 1.807) is 24.5 Å². The summed E-state index contributed by atoms with van der Waals surface area (Å²) in [5.74, 6) is -0.227. The zero-order valence-corrected chi connectivity index (χ0v) is 17.4. The number of aryl methyl sites for hydroxylation is 1. The summed E-state index contributed by atoms with van der Waals surface area (Å²) < 4.78 is 14.1. The number of benzene rings is 3. The van der Waals surface area contributed by atoms with E-state index in [2.05, 4.69) is 38.4 Å². The number of halogens is 1. The van der Waals surface area contributed by atoms with Crippen molar-refractivity contribution in [1.82, 2.24) is 20.2 Å². The lowest BCUT2D eigenvalue weighted by Crippen LogP contribution is -1.84. The van der Waals surface area contributed by atoms with E-state index >= 15 is 0 Å². The van der Waals surface area contributed by atoms with Crippen LogP contribution < -0.4 is 0 Å². The second kappa shape index (κ2) is 7.17. The van der Waals surface area contributed by atoms with Crippen LogP contribution in [0.3, 0.4) is 0 Å². The monoisotopic (exact) mass is 418 g/mol. The summed E-state index contributed by atoms with van der Waals surface area (Å²) in [5, 5.41) is 9.81. The topological polar surface area (TPSA) is 57.4 Å². The Balaban J connectivity index is 1.52. The Morgan fingerprint density at radius 1 is 0.750 bits per heavy atom. The second-order valence-electron chi connectivity index (χ2n) is 8.04. The zero-order valence-electron chi connectivity index (χ0n) is 17.4. The van der Waals surface area contributed by atoms with Gasteiger partial charge < -0.3 is 4.98 Å². The maximum absolute atomic E-state index is 14.1. The van der Waals surface area contributed by atoms with Gasteiger partial charge in [-0.1, -0.05) is 24.3 Å². The Morgan fingerprint density at radius 3 is 2.47 bits per heavy atom. The molecule has 3 aromatic carbocycles. The van der Waals surface area contributed by atoms with Gasteiger partial charge in [0.05, 0.1) is 11.2 Å². The zero-order chi connectivity index (χ0) is 21.7. The molecule has 0 fully saturated rings. The first kappa shape index (κ1) is 18.5. The minimum atomic E-state index is -0.227. The Bertz CT molecular complexity index is 1570. The summed E-state index contributed by atoms with van der Waals surface area (Å²) in [4.78, 5) is 7.61. The molecular formula is C27H19FN4. The van der Waals surface area contributed by atoms with Gasteiger partial charge in [-0.05, 0) is 83.3 Å². The Morgan fingerprint density at radius 2 is 1.62 bits per heavy atom. The van der Waals surface area contributed by atoms with Crippen molar-refractivity contribution in [2.24, 2.45) is 0 Å². The van der Waals surface area contributed by atoms with Crippen LogP contribution in [-0.4, -0.2) is 20.2 Å². The van der Waals surface area contributed by atoms with E-state index in [0.717, 1.165) is 61.0 Å². The number of rotatable bonds is 3. The molecule has 3 aromatic heterocycles. The molecule has 0 saturated heterocycles. The largest absolute Gasteiger partial charge is 0.353 e. The molecule has 0 aliphatic carbocycles. The molecule has 2 N–H and O–H groups in total. The predicted octanol–water partition coefficient (Wildman–Crippen LogP) is 6.89. The molecule has 0 aliphatic rings. The van der Waals surface area contributed by atoms with Gasteiger partial charge in [0.1, 0.15) is 11.5 Å². The highest BCUT2D eigenvalue weighted by molar-refractivity contribution is 6.01. The van der Waals surface area contributed by atoms with Crippen LogP contribution in [0.15, 0.2) is 85.2 Å². The highest BCUT2D eigenvalue weighted by Gasteiger charge is 2.14. The summed E-state index contributed by atoms with van der Waals surface area (Å²) in [6, 6.07) is 23.5. The molecule has 4 nitrogen and oxygen atoms in total. The highest BCUT2D eigenvalue weighted by Crippen LogP contribution is 2.35. The number of H-pyrrole nitrogens is 2. The van der Waals surface area contributed by atoms with E-state index < -0.39 is 0 Å². The first-order chi connectivity index (χ1) is 15.7. The number of nitrogens with one attached hydrogen (secondary N) is 2. The van der Waals surface area contributed by atoms with Crippen molar-refractivity contribution < 1.29 is 4.39 Å². The van der Waals surface area contributed by atoms with Crippen molar-refractivity contribution in [3.63, 3.8) is 0 Å². The lowest BCUT2D eigenvalue weighted by atomic mass is 9.99. The fourth-order valence-corrected chi connectivity index (χ4v) is 4.37. The molecule has 3 heterocycles. The van der Waals surface area contributed by atoms with Crippen LogP contribution in [0, 0.1) is 12.7 Å². The quantitative estimate of drug-likeness (QED) is 0.329. The summed E-state index contributed by atoms with van der Waals surface area (Å²) in [6.45, 7) is 1.91. The third-order valence-electron chi connectivity index (χ3n) is 5.85. The molecule has 0 aliphatic heterocycles. The van der Waals surface area contributed by atoms with Crippen molar-refractivity contribution in [2.45, 2.75) is 6.92 Å². The van der Waals surface area contributed by atoms with Crippen LogP contribution in [0.5, 0.6) is 0 Å². The highest BCUT2D eigenvalue weighted by atomic mass is 19.1. The van der Waals surface area contributed by atoms with Gasteiger partial charge in [0.2, 0.25) is 0 Å². The average Bonchev–Trinajstić information content (AvgIpc) is 3.42. The number of pyridine rings is 1. The molecule has 6 aromatic rings. The van der Waals surface area contributed by atoms with Crippen molar-refractivity contribution in [3.05, 3.63) is 96.6 Å². The molecule has 0 amide bonds. The molecule has 6 rings (SSSR count). The van der Waals surface area contributed by atoms with Crippen LogP contribution in [-0.2, 0) is 0 Å². The van der Waals surface area contributed by atoms with Crippen molar-refractivity contribution in [3.8, 4) is 33.6 Å². The number of aromatic nitrogens is 4. The minimum Gasteiger partial charge on any atom is -0.353 e. The standard InChI is InChI=1S/C27H19FN4/c1-16-11-19(13-20(28)12-16)21-3-2-4-24-22(21)15-26(30-24)27-23-14-18(5-6-25(23)31-32-27)17-7-9-29-10-8-17/h2-15,30H,1H3,(H,31,32). The molecule has 5 heteroatoms. The minimum absolute atomic E-state index is 0.227. The Hall–Kier alpha value is -4.25. The van der Waals surface area contributed by atoms with Gasteiger partial charge >= 0.3 is 0 Å². The van der Waals surface area contributed by atoms with Gasteiger partial charge in [-0.25, -0.2) is 4.39 Å². The van der Waals surface area contributed by atoms with E-state index in [-0.39, 0.29) is 5.82 Å². The number of hydrogen-bond acceptors (Lipinski definition) is 2. The molecule has 0 radical (unpaired) electrons. The molecule has 32 heavy (non-hydrogen) atoms. The summed E-state index contributed by atoms with van der Waals surface area (Å²) in [6.07, 6.45) is 3.59. The van der Waals surface area contributed by atoms with E-state index in [4.69, 9.17) is 0 Å². The number of nitrogens with zero attached hydrogens (tertiary/aromatic N) is 2. The number of aromatic amines is 2. The third-order valence-corrected chi connectivity index (χ3v) is 5.85. The van der Waals surface area contributed by atoms with Crippen LogP contribution in [0.25, 0.3) is 55.4 Å². The Labute approximate surface area is 183 Å². The lowest BCUT2D eigenvalue weighted by Gasteiger charge is -2.05. The summed E-state index contributed by atoms with van der Waals surface area (Å²) >= 11 is 0. The molecule has 0 atom stereocenters. The summed E-state index contributed by atoms with van der Waals surface area (Å²) in [7, 11) is 0. The van der Waals surface area contributed by atoms with Crippen LogP contribution in [0.4, 0.5) is 4.39 Å². The van der Waals surface area contributed by atoms with Crippen LogP contribution in [0.1, 0.15) is 5.56 Å². The van der Waals surface area contributed by atoms with E-state index in [1.807, 2.05) is 49.4 Å². The maximum Gasteiger partial charge on any atom is 0.124 e. The average molecular weight is 418 g/mol. The van der Waals surface area contributed by atoms with Gasteiger partial charge in [-0.3, -0.25) is 10.1 Å². The van der Waals surface area contributed by atoms with Gasteiger partial charge in [0, 0.05) is 28.7 Å². The summed E-state index contributed by atoms with van der Waals surface area (Å²) in [5.41, 5.74) is 8.69. The molecular weight excluding hydrogens is 399 g/mol. The molecule has 0 unspecified atom stereocenters. The van der Waals surface area contributed by atoms with Crippen molar-refractivity contribution in [2.75, 3.05) is 0 Å². The van der Waals surface area contributed by atoms with E-state index in [0.29, 0.717) is 0 Å². The predicted molar refractivity (Wildman–Crippen MR) is 127 cm³/mol. The third kappa shape index (κ3) is 3.06. The van der Waals surface area contributed by atoms with Gasteiger partial charge in [0.15, 0.2) is 0 Å². The van der Waals surface area contributed by atoms with Gasteiger partial charge in [-0.2, -0.15) is 5.10 Å². The second-order valence-corrected chi connectivity index (χ2v) is 8.04. The number of fused-ring (bicyclic) bond motifs is 2. The fourth-order valence-electron chi connectivity index (χ4n) is 4.37. The Kier molecular flexibility index (Phi) is 4.15. The normalized spacial score (nSPS) is 11.4. The van der Waals surface area contributed by atoms with E-state index in [1.165, 1.54) is 0 Å². The first-order valence-corrected chi connectivity index (χ1v) is 10.4. The molecule has 0 bridgehead atoms. The number of hydrogen-bond donors (Lipinski definition) is 2. The molecule has 0 spiro atoms. The fraction of sp³-hybridized carbons (Fsp3) is 0.0370. The lowest BCUT2D eigenvalue weighted by molar-refractivity contribution is 0.627. The smallest absolute Gasteiger partial charge is 0.124 e. The SMILES string of the molecule is Cc1cc(F)cc(-c2cccc3[nH]c(-c4n[nH]c5ccc(-c6ccncc6)cc45)cc23)c1. The first-order valence-electron chi connectivity index (χ1n) is 10.4. The molecule has 0 saturated carbocycles. The van der Waals surface area contributed by atoms with Gasteiger partial charge in [0.25, 0.3) is 0 Å².